The minimum Gasteiger partial charge on any atom is -0.478 e. The molecule has 0 saturated carbocycles. The van der Waals surface area contributed by atoms with Crippen LogP contribution in [0.15, 0.2) is 41.4 Å². The third-order valence-electron chi connectivity index (χ3n) is 5.17. The predicted octanol–water partition coefficient (Wildman–Crippen LogP) is 3.04. The molecule has 0 spiro atoms. The summed E-state index contributed by atoms with van der Waals surface area (Å²) in [5, 5.41) is 0. The minimum absolute atomic E-state index is 0.220. The van der Waals surface area contributed by atoms with Gasteiger partial charge in [-0.1, -0.05) is 38.1 Å². The molecule has 1 saturated heterocycles. The van der Waals surface area contributed by atoms with Gasteiger partial charge < -0.3 is 9.64 Å². The van der Waals surface area contributed by atoms with Crippen LogP contribution in [-0.4, -0.2) is 61.9 Å². The van der Waals surface area contributed by atoms with E-state index in [9.17, 15) is 8.42 Å². The lowest BCUT2D eigenvalue weighted by Gasteiger charge is -2.33. The number of hydrogen-bond donors (Lipinski definition) is 0. The standard InChI is InChI=1S/C21H29N3O3S/c1-4-17-8-7-9-18(14-17)20-15-19(16-22-21(20)27-6-3)28(25,26)24-12-10-23(5-2)11-13-24/h7-9,14-16H,4-6,10-13H2,1-3H3. The molecule has 2 aromatic rings. The third kappa shape index (κ3) is 4.37. The highest BCUT2D eigenvalue weighted by atomic mass is 32.2. The van der Waals surface area contributed by atoms with Crippen LogP contribution in [0.3, 0.4) is 0 Å². The highest BCUT2D eigenvalue weighted by Crippen LogP contribution is 2.32. The fourth-order valence-corrected chi connectivity index (χ4v) is 4.82. The summed E-state index contributed by atoms with van der Waals surface area (Å²) in [5.41, 5.74) is 2.82. The summed E-state index contributed by atoms with van der Waals surface area (Å²) in [6.07, 6.45) is 2.32. The van der Waals surface area contributed by atoms with Gasteiger partial charge in [0.25, 0.3) is 0 Å². The number of aryl methyl sites for hydroxylation is 1. The van der Waals surface area contributed by atoms with Crippen molar-refractivity contribution in [2.45, 2.75) is 32.1 Å². The van der Waals surface area contributed by atoms with E-state index in [-0.39, 0.29) is 4.90 Å². The summed E-state index contributed by atoms with van der Waals surface area (Å²) >= 11 is 0. The van der Waals surface area contributed by atoms with Crippen molar-refractivity contribution in [3.05, 3.63) is 42.1 Å². The normalized spacial score (nSPS) is 16.2. The smallest absolute Gasteiger partial charge is 0.244 e. The number of benzene rings is 1. The van der Waals surface area contributed by atoms with E-state index in [1.165, 1.54) is 11.8 Å². The van der Waals surface area contributed by atoms with Gasteiger partial charge in [-0.05, 0) is 37.1 Å². The van der Waals surface area contributed by atoms with Crippen molar-refractivity contribution in [1.29, 1.82) is 0 Å². The van der Waals surface area contributed by atoms with Crippen LogP contribution in [0.5, 0.6) is 5.88 Å². The number of nitrogens with zero attached hydrogens (tertiary/aromatic N) is 3. The van der Waals surface area contributed by atoms with Crippen LogP contribution < -0.4 is 4.74 Å². The zero-order chi connectivity index (χ0) is 20.1. The zero-order valence-corrected chi connectivity index (χ0v) is 17.7. The van der Waals surface area contributed by atoms with Gasteiger partial charge in [0.15, 0.2) is 0 Å². The molecule has 152 valence electrons. The SMILES string of the molecule is CCOc1ncc(S(=O)(=O)N2CCN(CC)CC2)cc1-c1cccc(CC)c1. The number of aromatic nitrogens is 1. The lowest BCUT2D eigenvalue weighted by atomic mass is 10.0. The van der Waals surface area contributed by atoms with Crippen LogP contribution in [0.2, 0.25) is 0 Å². The Balaban J connectivity index is 1.98. The second kappa shape index (κ2) is 9.03. The van der Waals surface area contributed by atoms with Crippen LogP contribution in [-0.2, 0) is 16.4 Å². The van der Waals surface area contributed by atoms with Crippen molar-refractivity contribution < 1.29 is 13.2 Å². The number of hydrogen-bond acceptors (Lipinski definition) is 5. The van der Waals surface area contributed by atoms with Crippen molar-refractivity contribution in [2.24, 2.45) is 0 Å². The van der Waals surface area contributed by atoms with Crippen LogP contribution in [0.25, 0.3) is 11.1 Å². The summed E-state index contributed by atoms with van der Waals surface area (Å²) < 4.78 is 33.6. The van der Waals surface area contributed by atoms with Gasteiger partial charge in [-0.15, -0.1) is 0 Å². The molecule has 1 aliphatic rings. The first kappa shape index (κ1) is 20.8. The topological polar surface area (TPSA) is 62.7 Å². The Bertz CT molecular complexity index is 907. The van der Waals surface area contributed by atoms with Crippen molar-refractivity contribution in [3.8, 4) is 17.0 Å². The Hall–Kier alpha value is -1.96. The summed E-state index contributed by atoms with van der Waals surface area (Å²) in [4.78, 5) is 6.83. The summed E-state index contributed by atoms with van der Waals surface area (Å²) in [7, 11) is -3.58. The van der Waals surface area contributed by atoms with E-state index >= 15 is 0 Å². The fourth-order valence-electron chi connectivity index (χ4n) is 3.43. The van der Waals surface area contributed by atoms with Gasteiger partial charge in [-0.25, -0.2) is 13.4 Å². The monoisotopic (exact) mass is 403 g/mol. The fraction of sp³-hybridized carbons (Fsp3) is 0.476. The molecule has 0 unspecified atom stereocenters. The van der Waals surface area contributed by atoms with Gasteiger partial charge in [-0.3, -0.25) is 0 Å². The van der Waals surface area contributed by atoms with Gasteiger partial charge in [0.1, 0.15) is 4.90 Å². The lowest BCUT2D eigenvalue weighted by molar-refractivity contribution is 0.196. The molecule has 28 heavy (non-hydrogen) atoms. The number of ether oxygens (including phenoxy) is 1. The molecule has 0 atom stereocenters. The molecule has 1 fully saturated rings. The number of sulfonamides is 1. The molecule has 0 N–H and O–H groups in total. The van der Waals surface area contributed by atoms with E-state index in [1.54, 1.807) is 10.4 Å². The average molecular weight is 404 g/mol. The first-order chi connectivity index (χ1) is 13.5. The van der Waals surface area contributed by atoms with Crippen molar-refractivity contribution in [1.82, 2.24) is 14.2 Å². The largest absolute Gasteiger partial charge is 0.478 e. The van der Waals surface area contributed by atoms with Crippen LogP contribution in [0.1, 0.15) is 26.3 Å². The predicted molar refractivity (Wildman–Crippen MR) is 111 cm³/mol. The van der Waals surface area contributed by atoms with E-state index in [1.807, 2.05) is 19.1 Å². The molecule has 1 aromatic heterocycles. The van der Waals surface area contributed by atoms with Crippen LogP contribution >= 0.6 is 0 Å². The van der Waals surface area contributed by atoms with Crippen molar-refractivity contribution in [3.63, 3.8) is 0 Å². The van der Waals surface area contributed by atoms with Gasteiger partial charge in [0.05, 0.1) is 12.8 Å². The highest BCUT2D eigenvalue weighted by molar-refractivity contribution is 7.89. The second-order valence-corrected chi connectivity index (χ2v) is 8.79. The molecule has 0 radical (unpaired) electrons. The molecule has 2 heterocycles. The molecule has 1 aliphatic heterocycles. The summed E-state index contributed by atoms with van der Waals surface area (Å²) in [6, 6.07) is 9.78. The lowest BCUT2D eigenvalue weighted by Crippen LogP contribution is -2.48. The molecule has 1 aromatic carbocycles. The van der Waals surface area contributed by atoms with Crippen LogP contribution in [0.4, 0.5) is 0 Å². The molecule has 0 bridgehead atoms. The molecule has 3 rings (SSSR count). The maximum Gasteiger partial charge on any atom is 0.244 e. The number of pyridine rings is 1. The first-order valence-corrected chi connectivity index (χ1v) is 11.4. The number of likely N-dealkylation sites (N-methyl/N-ethyl adjacent to an activating group) is 1. The third-order valence-corrected chi connectivity index (χ3v) is 7.03. The molecule has 0 amide bonds. The minimum atomic E-state index is -3.58. The van der Waals surface area contributed by atoms with Crippen molar-refractivity contribution >= 4 is 10.0 Å². The summed E-state index contributed by atoms with van der Waals surface area (Å²) in [5.74, 6) is 0.463. The second-order valence-electron chi connectivity index (χ2n) is 6.85. The van der Waals surface area contributed by atoms with E-state index in [2.05, 4.69) is 35.9 Å². The van der Waals surface area contributed by atoms with Crippen LogP contribution in [0, 0.1) is 0 Å². The molecule has 7 heteroatoms. The first-order valence-electron chi connectivity index (χ1n) is 9.94. The Kier molecular flexibility index (Phi) is 6.69. The quantitative estimate of drug-likeness (QED) is 0.711. The van der Waals surface area contributed by atoms with E-state index in [0.717, 1.165) is 31.6 Å². The molecular formula is C21H29N3O3S. The van der Waals surface area contributed by atoms with E-state index in [0.29, 0.717) is 31.1 Å². The van der Waals surface area contributed by atoms with Gasteiger partial charge in [-0.2, -0.15) is 4.31 Å². The Morgan fingerprint density at radius 1 is 1.07 bits per heavy atom. The Labute approximate surface area is 168 Å². The number of piperazine rings is 1. The highest BCUT2D eigenvalue weighted by Gasteiger charge is 2.29. The Morgan fingerprint density at radius 3 is 2.46 bits per heavy atom. The number of rotatable bonds is 7. The maximum atomic E-state index is 13.2. The zero-order valence-electron chi connectivity index (χ0n) is 16.9. The van der Waals surface area contributed by atoms with E-state index in [4.69, 9.17) is 4.74 Å². The van der Waals surface area contributed by atoms with Gasteiger partial charge >= 0.3 is 0 Å². The molecule has 6 nitrogen and oxygen atoms in total. The van der Waals surface area contributed by atoms with Crippen molar-refractivity contribution in [2.75, 3.05) is 39.3 Å². The van der Waals surface area contributed by atoms with Gasteiger partial charge in [0.2, 0.25) is 15.9 Å². The average Bonchev–Trinajstić information content (AvgIpc) is 2.74. The van der Waals surface area contributed by atoms with Gasteiger partial charge in [0, 0.05) is 31.7 Å². The van der Waals surface area contributed by atoms with E-state index < -0.39 is 10.0 Å². The maximum absolute atomic E-state index is 13.2. The molecule has 0 aliphatic carbocycles. The Morgan fingerprint density at radius 2 is 1.82 bits per heavy atom. The molecular weight excluding hydrogens is 374 g/mol. The summed E-state index contributed by atoms with van der Waals surface area (Å²) in [6.45, 7) is 10.0.